The fourth-order valence-electron chi connectivity index (χ4n) is 1.28. The number of fused-ring (bicyclic) bond motifs is 1. The summed E-state index contributed by atoms with van der Waals surface area (Å²) in [5.74, 6) is -0.331. The normalized spacial score (nSPS) is 10.2. The smallest absolute Gasteiger partial charge is 0.376 e. The summed E-state index contributed by atoms with van der Waals surface area (Å²) in [5, 5.41) is 0.727. The molecule has 1 heterocycles. The highest BCUT2D eigenvalue weighted by Crippen LogP contribution is 2.16. The van der Waals surface area contributed by atoms with E-state index in [9.17, 15) is 4.79 Å². The van der Waals surface area contributed by atoms with Gasteiger partial charge in [-0.3, -0.25) is 0 Å². The lowest BCUT2D eigenvalue weighted by molar-refractivity contribution is 0.0587. The van der Waals surface area contributed by atoms with Crippen LogP contribution in [-0.2, 0) is 4.74 Å². The Kier molecular flexibility index (Phi) is 2.21. The largest absolute Gasteiger partial charge is 0.463 e. The molecule has 0 bridgehead atoms. The molecule has 2 rings (SSSR count). The SMILES string of the molecule is COC(=O)c1nc(N)c2ccccc2n1. The molecule has 0 amide bonds. The predicted octanol–water partition coefficient (Wildman–Crippen LogP) is 0.999. The highest BCUT2D eigenvalue weighted by atomic mass is 16.5. The van der Waals surface area contributed by atoms with Crippen molar-refractivity contribution in [2.45, 2.75) is 0 Å². The van der Waals surface area contributed by atoms with Gasteiger partial charge in [-0.05, 0) is 12.1 Å². The molecule has 2 N–H and O–H groups in total. The lowest BCUT2D eigenvalue weighted by Crippen LogP contribution is -2.09. The number of nitrogens with zero attached hydrogens (tertiary/aromatic N) is 2. The van der Waals surface area contributed by atoms with Gasteiger partial charge in [0.2, 0.25) is 5.82 Å². The van der Waals surface area contributed by atoms with Gasteiger partial charge in [0.1, 0.15) is 5.82 Å². The van der Waals surface area contributed by atoms with Crippen LogP contribution in [0.15, 0.2) is 24.3 Å². The van der Waals surface area contributed by atoms with Crippen molar-refractivity contribution in [3.05, 3.63) is 30.1 Å². The molecular formula is C10H9N3O2. The third-order valence-electron chi connectivity index (χ3n) is 2.00. The van der Waals surface area contributed by atoms with Crippen LogP contribution in [0, 0.1) is 0 Å². The number of carbonyl (C=O) groups excluding carboxylic acids is 1. The first-order valence-corrected chi connectivity index (χ1v) is 4.33. The van der Waals surface area contributed by atoms with Crippen LogP contribution >= 0.6 is 0 Å². The fraction of sp³-hybridized carbons (Fsp3) is 0.100. The average Bonchev–Trinajstić information content (AvgIpc) is 2.28. The van der Waals surface area contributed by atoms with Crippen molar-refractivity contribution in [2.75, 3.05) is 12.8 Å². The maximum atomic E-state index is 11.2. The zero-order chi connectivity index (χ0) is 10.8. The number of benzene rings is 1. The number of nitrogens with two attached hydrogens (primary N) is 1. The van der Waals surface area contributed by atoms with Crippen LogP contribution in [0.3, 0.4) is 0 Å². The number of aromatic nitrogens is 2. The van der Waals surface area contributed by atoms with E-state index in [4.69, 9.17) is 5.73 Å². The van der Waals surface area contributed by atoms with E-state index in [1.54, 1.807) is 12.1 Å². The highest BCUT2D eigenvalue weighted by molar-refractivity contribution is 5.93. The van der Waals surface area contributed by atoms with Crippen molar-refractivity contribution in [3.63, 3.8) is 0 Å². The number of nitrogen functional groups attached to an aromatic ring is 1. The van der Waals surface area contributed by atoms with Crippen LogP contribution < -0.4 is 5.73 Å². The van der Waals surface area contributed by atoms with Crippen LogP contribution in [0.25, 0.3) is 10.9 Å². The molecule has 0 saturated carbocycles. The number of carbonyl (C=O) groups is 1. The fourth-order valence-corrected chi connectivity index (χ4v) is 1.28. The summed E-state index contributed by atoms with van der Waals surface area (Å²) >= 11 is 0. The minimum atomic E-state index is -0.590. The Morgan fingerprint density at radius 1 is 1.33 bits per heavy atom. The first-order chi connectivity index (χ1) is 7.22. The highest BCUT2D eigenvalue weighted by Gasteiger charge is 2.11. The number of ether oxygens (including phenoxy) is 1. The van der Waals surface area contributed by atoms with Crippen LogP contribution in [0.5, 0.6) is 0 Å². The van der Waals surface area contributed by atoms with Crippen molar-refractivity contribution in [1.82, 2.24) is 9.97 Å². The van der Waals surface area contributed by atoms with Crippen molar-refractivity contribution < 1.29 is 9.53 Å². The van der Waals surface area contributed by atoms with Crippen molar-refractivity contribution in [1.29, 1.82) is 0 Å². The summed E-state index contributed by atoms with van der Waals surface area (Å²) < 4.78 is 4.52. The maximum Gasteiger partial charge on any atom is 0.376 e. The van der Waals surface area contributed by atoms with Gasteiger partial charge in [0, 0.05) is 5.39 Å². The van der Waals surface area contributed by atoms with E-state index in [0.29, 0.717) is 5.52 Å². The average molecular weight is 203 g/mol. The zero-order valence-electron chi connectivity index (χ0n) is 8.10. The molecule has 0 saturated heterocycles. The Morgan fingerprint density at radius 2 is 2.07 bits per heavy atom. The number of rotatable bonds is 1. The first kappa shape index (κ1) is 9.39. The van der Waals surface area contributed by atoms with Crippen LogP contribution in [-0.4, -0.2) is 23.0 Å². The molecule has 0 aliphatic rings. The second-order valence-electron chi connectivity index (χ2n) is 2.94. The second kappa shape index (κ2) is 3.53. The number of para-hydroxylation sites is 1. The van der Waals surface area contributed by atoms with Crippen LogP contribution in [0.1, 0.15) is 10.6 Å². The zero-order valence-corrected chi connectivity index (χ0v) is 8.10. The Morgan fingerprint density at radius 3 is 2.80 bits per heavy atom. The number of methoxy groups -OCH3 is 1. The number of hydrogen-bond acceptors (Lipinski definition) is 5. The molecule has 0 aliphatic heterocycles. The number of hydrogen-bond donors (Lipinski definition) is 1. The topological polar surface area (TPSA) is 78.1 Å². The molecule has 1 aromatic carbocycles. The van der Waals surface area contributed by atoms with Crippen LogP contribution in [0.2, 0.25) is 0 Å². The monoisotopic (exact) mass is 203 g/mol. The quantitative estimate of drug-likeness (QED) is 0.699. The van der Waals surface area contributed by atoms with E-state index in [-0.39, 0.29) is 11.6 Å². The van der Waals surface area contributed by atoms with Gasteiger partial charge >= 0.3 is 5.97 Å². The Bertz CT molecular complexity index is 525. The molecule has 0 fully saturated rings. The summed E-state index contributed by atoms with van der Waals surface area (Å²) in [7, 11) is 1.27. The molecule has 2 aromatic rings. The molecule has 0 spiro atoms. The van der Waals surface area contributed by atoms with Gasteiger partial charge in [-0.15, -0.1) is 0 Å². The second-order valence-corrected chi connectivity index (χ2v) is 2.94. The minimum Gasteiger partial charge on any atom is -0.463 e. The van der Waals surface area contributed by atoms with Crippen molar-refractivity contribution in [3.8, 4) is 0 Å². The maximum absolute atomic E-state index is 11.2. The minimum absolute atomic E-state index is 0.0197. The van der Waals surface area contributed by atoms with E-state index >= 15 is 0 Å². The third kappa shape index (κ3) is 1.59. The molecule has 5 heteroatoms. The molecule has 5 nitrogen and oxygen atoms in total. The van der Waals surface area contributed by atoms with Gasteiger partial charge in [-0.25, -0.2) is 14.8 Å². The van der Waals surface area contributed by atoms with E-state index in [1.165, 1.54) is 7.11 Å². The van der Waals surface area contributed by atoms with E-state index < -0.39 is 5.97 Å². The Hall–Kier alpha value is -2.17. The van der Waals surface area contributed by atoms with E-state index in [1.807, 2.05) is 12.1 Å². The van der Waals surface area contributed by atoms with Gasteiger partial charge < -0.3 is 10.5 Å². The molecule has 1 aromatic heterocycles. The van der Waals surface area contributed by atoms with E-state index in [2.05, 4.69) is 14.7 Å². The van der Waals surface area contributed by atoms with Gasteiger partial charge in [-0.1, -0.05) is 12.1 Å². The van der Waals surface area contributed by atoms with Gasteiger partial charge in [0.25, 0.3) is 0 Å². The third-order valence-corrected chi connectivity index (χ3v) is 2.00. The summed E-state index contributed by atoms with van der Waals surface area (Å²) in [6.07, 6.45) is 0. The molecule has 0 atom stereocenters. The summed E-state index contributed by atoms with van der Waals surface area (Å²) in [6, 6.07) is 7.21. The summed E-state index contributed by atoms with van der Waals surface area (Å²) in [4.78, 5) is 19.1. The first-order valence-electron chi connectivity index (χ1n) is 4.33. The standard InChI is InChI=1S/C10H9N3O2/c1-15-10(14)9-12-7-5-3-2-4-6(7)8(11)13-9/h2-5H,1H3,(H2,11,12,13). The number of anilines is 1. The lowest BCUT2D eigenvalue weighted by atomic mass is 10.2. The Balaban J connectivity index is 2.67. The van der Waals surface area contributed by atoms with Crippen molar-refractivity contribution >= 4 is 22.7 Å². The van der Waals surface area contributed by atoms with Gasteiger partial charge in [0.15, 0.2) is 0 Å². The van der Waals surface area contributed by atoms with Crippen molar-refractivity contribution in [2.24, 2.45) is 0 Å². The molecule has 15 heavy (non-hydrogen) atoms. The molecular weight excluding hydrogens is 194 g/mol. The molecule has 0 radical (unpaired) electrons. The molecule has 0 aliphatic carbocycles. The molecule has 0 unspecified atom stereocenters. The van der Waals surface area contributed by atoms with Crippen LogP contribution in [0.4, 0.5) is 5.82 Å². The Labute approximate surface area is 85.9 Å². The van der Waals surface area contributed by atoms with E-state index in [0.717, 1.165) is 5.39 Å². The summed E-state index contributed by atoms with van der Waals surface area (Å²) in [6.45, 7) is 0. The number of esters is 1. The lowest BCUT2D eigenvalue weighted by Gasteiger charge is -2.03. The summed E-state index contributed by atoms with van der Waals surface area (Å²) in [5.41, 5.74) is 6.32. The predicted molar refractivity (Wildman–Crippen MR) is 55.3 cm³/mol. The van der Waals surface area contributed by atoms with Gasteiger partial charge in [0.05, 0.1) is 12.6 Å². The molecule has 76 valence electrons. The van der Waals surface area contributed by atoms with Gasteiger partial charge in [-0.2, -0.15) is 0 Å².